The summed E-state index contributed by atoms with van der Waals surface area (Å²) in [6, 6.07) is 17.2. The third-order valence-corrected chi connectivity index (χ3v) is 3.46. The van der Waals surface area contributed by atoms with Gasteiger partial charge in [0.25, 0.3) is 0 Å². The molecule has 2 aromatic rings. The Morgan fingerprint density at radius 1 is 1.15 bits per heavy atom. The zero-order chi connectivity index (χ0) is 14.4. The summed E-state index contributed by atoms with van der Waals surface area (Å²) in [5, 5.41) is 16.6. The van der Waals surface area contributed by atoms with E-state index in [0.717, 1.165) is 15.7 Å². The number of rotatable bonds is 4. The molecule has 0 saturated carbocycles. The molecule has 0 aliphatic rings. The maximum absolute atomic E-state index is 10.0. The maximum Gasteiger partial charge on any atom is 0.170 e. The number of aliphatic hydroxyl groups is 1. The van der Waals surface area contributed by atoms with E-state index in [2.05, 4.69) is 26.6 Å². The summed E-state index contributed by atoms with van der Waals surface area (Å²) in [5.74, 6) is 0. The van der Waals surface area contributed by atoms with Crippen LogP contribution in [0.2, 0.25) is 0 Å². The minimum absolute atomic E-state index is 0.365. The molecule has 0 bridgehead atoms. The molecule has 0 fully saturated rings. The van der Waals surface area contributed by atoms with E-state index in [1.165, 1.54) is 0 Å². The fraction of sp³-hybridized carbons (Fsp3) is 0.133. The van der Waals surface area contributed by atoms with E-state index >= 15 is 0 Å². The molecule has 0 unspecified atom stereocenters. The van der Waals surface area contributed by atoms with Gasteiger partial charge in [-0.3, -0.25) is 0 Å². The Hall–Kier alpha value is -1.43. The van der Waals surface area contributed by atoms with E-state index in [1.54, 1.807) is 0 Å². The normalized spacial score (nSPS) is 11.7. The van der Waals surface area contributed by atoms with Gasteiger partial charge in [0, 0.05) is 16.7 Å². The van der Waals surface area contributed by atoms with Crippen LogP contribution < -0.4 is 10.6 Å². The van der Waals surface area contributed by atoms with Gasteiger partial charge in [-0.25, -0.2) is 0 Å². The Morgan fingerprint density at radius 2 is 1.90 bits per heavy atom. The molecule has 3 N–H and O–H groups in total. The van der Waals surface area contributed by atoms with Gasteiger partial charge in [-0.2, -0.15) is 0 Å². The van der Waals surface area contributed by atoms with Crippen molar-refractivity contribution in [2.45, 2.75) is 6.10 Å². The first-order valence-corrected chi connectivity index (χ1v) is 7.39. The van der Waals surface area contributed by atoms with Crippen LogP contribution in [0.5, 0.6) is 0 Å². The number of halogens is 1. The Kier molecular flexibility index (Phi) is 5.52. The molecular formula is C15H15BrN2OS. The molecule has 2 aromatic carbocycles. The summed E-state index contributed by atoms with van der Waals surface area (Å²) in [4.78, 5) is 0. The van der Waals surface area contributed by atoms with Crippen LogP contribution in [0.3, 0.4) is 0 Å². The van der Waals surface area contributed by atoms with Crippen LogP contribution in [-0.2, 0) is 0 Å². The SMILES string of the molecule is O[C@@H](CNC(=S)Nc1cccc(Br)c1)c1ccccc1. The molecule has 0 aromatic heterocycles. The van der Waals surface area contributed by atoms with Gasteiger partial charge in [0.05, 0.1) is 6.10 Å². The molecule has 2 rings (SSSR count). The molecule has 0 saturated heterocycles. The van der Waals surface area contributed by atoms with Crippen molar-refractivity contribution in [1.82, 2.24) is 5.32 Å². The summed E-state index contributed by atoms with van der Waals surface area (Å²) in [6.07, 6.45) is -0.585. The van der Waals surface area contributed by atoms with Gasteiger partial charge in [0.2, 0.25) is 0 Å². The lowest BCUT2D eigenvalue weighted by Crippen LogP contribution is -2.32. The Labute approximate surface area is 132 Å². The van der Waals surface area contributed by atoms with E-state index in [-0.39, 0.29) is 0 Å². The van der Waals surface area contributed by atoms with E-state index in [0.29, 0.717) is 11.7 Å². The lowest BCUT2D eigenvalue weighted by atomic mass is 10.1. The highest BCUT2D eigenvalue weighted by molar-refractivity contribution is 9.10. The highest BCUT2D eigenvalue weighted by Gasteiger charge is 2.07. The van der Waals surface area contributed by atoms with Gasteiger partial charge in [-0.1, -0.05) is 52.3 Å². The van der Waals surface area contributed by atoms with Crippen molar-refractivity contribution in [3.8, 4) is 0 Å². The van der Waals surface area contributed by atoms with Crippen LogP contribution in [0.1, 0.15) is 11.7 Å². The largest absolute Gasteiger partial charge is 0.387 e. The molecule has 0 heterocycles. The molecule has 5 heteroatoms. The molecule has 0 amide bonds. The van der Waals surface area contributed by atoms with Gasteiger partial charge >= 0.3 is 0 Å². The zero-order valence-corrected chi connectivity index (χ0v) is 13.1. The van der Waals surface area contributed by atoms with Crippen LogP contribution in [0.25, 0.3) is 0 Å². The fourth-order valence-electron chi connectivity index (χ4n) is 1.72. The third kappa shape index (κ3) is 4.59. The number of aliphatic hydroxyl groups excluding tert-OH is 1. The Balaban J connectivity index is 1.83. The second-order valence-corrected chi connectivity index (χ2v) is 5.60. The Morgan fingerprint density at radius 3 is 2.60 bits per heavy atom. The van der Waals surface area contributed by atoms with Crippen LogP contribution in [0.15, 0.2) is 59.1 Å². The topological polar surface area (TPSA) is 44.3 Å². The van der Waals surface area contributed by atoms with Crippen molar-refractivity contribution in [3.63, 3.8) is 0 Å². The summed E-state index contributed by atoms with van der Waals surface area (Å²) < 4.78 is 0.981. The minimum atomic E-state index is -0.585. The smallest absolute Gasteiger partial charge is 0.170 e. The van der Waals surface area contributed by atoms with E-state index in [1.807, 2.05) is 54.6 Å². The van der Waals surface area contributed by atoms with Crippen molar-refractivity contribution in [3.05, 3.63) is 64.6 Å². The summed E-state index contributed by atoms with van der Waals surface area (Å²) in [6.45, 7) is 0.365. The summed E-state index contributed by atoms with van der Waals surface area (Å²) >= 11 is 8.60. The van der Waals surface area contributed by atoms with Crippen molar-refractivity contribution in [2.24, 2.45) is 0 Å². The van der Waals surface area contributed by atoms with Crippen molar-refractivity contribution >= 4 is 38.9 Å². The standard InChI is InChI=1S/C15H15BrN2OS/c16-12-7-4-8-13(9-12)18-15(20)17-10-14(19)11-5-2-1-3-6-11/h1-9,14,19H,10H2,(H2,17,18,20)/t14-/m0/s1. The highest BCUT2D eigenvalue weighted by atomic mass is 79.9. The summed E-state index contributed by atoms with van der Waals surface area (Å²) in [7, 11) is 0. The lowest BCUT2D eigenvalue weighted by Gasteiger charge is -2.15. The van der Waals surface area contributed by atoms with Gasteiger partial charge < -0.3 is 15.7 Å². The molecule has 0 radical (unpaired) electrons. The Bertz CT molecular complexity index is 577. The van der Waals surface area contributed by atoms with Crippen LogP contribution in [0, 0.1) is 0 Å². The zero-order valence-electron chi connectivity index (χ0n) is 10.7. The second kappa shape index (κ2) is 7.38. The van der Waals surface area contributed by atoms with Gasteiger partial charge in [0.1, 0.15) is 0 Å². The number of anilines is 1. The minimum Gasteiger partial charge on any atom is -0.387 e. The van der Waals surface area contributed by atoms with E-state index < -0.39 is 6.10 Å². The molecule has 1 atom stereocenters. The molecule has 0 aliphatic carbocycles. The first-order chi connectivity index (χ1) is 9.65. The first-order valence-electron chi connectivity index (χ1n) is 6.18. The quantitative estimate of drug-likeness (QED) is 0.738. The number of benzene rings is 2. The highest BCUT2D eigenvalue weighted by Crippen LogP contribution is 2.15. The van der Waals surface area contributed by atoms with Crippen LogP contribution in [0.4, 0.5) is 5.69 Å². The molecule has 0 spiro atoms. The van der Waals surface area contributed by atoms with Crippen molar-refractivity contribution in [1.29, 1.82) is 0 Å². The molecule has 3 nitrogen and oxygen atoms in total. The first kappa shape index (κ1) is 15.0. The van der Waals surface area contributed by atoms with E-state index in [9.17, 15) is 5.11 Å². The molecule has 104 valence electrons. The van der Waals surface area contributed by atoms with E-state index in [4.69, 9.17) is 12.2 Å². The number of thiocarbonyl (C=S) groups is 1. The average Bonchev–Trinajstić information content (AvgIpc) is 2.46. The predicted molar refractivity (Wildman–Crippen MR) is 89.8 cm³/mol. The molecule has 20 heavy (non-hydrogen) atoms. The van der Waals surface area contributed by atoms with Crippen LogP contribution >= 0.6 is 28.1 Å². The van der Waals surface area contributed by atoms with Gasteiger partial charge in [-0.05, 0) is 36.0 Å². The van der Waals surface area contributed by atoms with Gasteiger partial charge in [0.15, 0.2) is 5.11 Å². The van der Waals surface area contributed by atoms with Crippen molar-refractivity contribution < 1.29 is 5.11 Å². The number of hydrogen-bond donors (Lipinski definition) is 3. The van der Waals surface area contributed by atoms with Gasteiger partial charge in [-0.15, -0.1) is 0 Å². The fourth-order valence-corrected chi connectivity index (χ4v) is 2.32. The maximum atomic E-state index is 10.0. The molecule has 0 aliphatic heterocycles. The van der Waals surface area contributed by atoms with Crippen molar-refractivity contribution in [2.75, 3.05) is 11.9 Å². The monoisotopic (exact) mass is 350 g/mol. The molecular weight excluding hydrogens is 336 g/mol. The second-order valence-electron chi connectivity index (χ2n) is 4.27. The lowest BCUT2D eigenvalue weighted by molar-refractivity contribution is 0.181. The number of nitrogens with one attached hydrogen (secondary N) is 2. The third-order valence-electron chi connectivity index (χ3n) is 2.72. The van der Waals surface area contributed by atoms with Crippen LogP contribution in [-0.4, -0.2) is 16.8 Å². The predicted octanol–water partition coefficient (Wildman–Crippen LogP) is 3.47. The average molecular weight is 351 g/mol. The summed E-state index contributed by atoms with van der Waals surface area (Å²) in [5.41, 5.74) is 1.76. The number of hydrogen-bond acceptors (Lipinski definition) is 2.